The molecule has 0 aliphatic carbocycles. The molecular weight excluding hydrogens is 210 g/mol. The summed E-state index contributed by atoms with van der Waals surface area (Å²) in [6, 6.07) is 2.78. The number of hydrogen-bond donors (Lipinski definition) is 1. The molecule has 0 amide bonds. The topological polar surface area (TPSA) is 39.1 Å². The first-order chi connectivity index (χ1) is 7.79. The van der Waals surface area contributed by atoms with Crippen LogP contribution in [0.5, 0.6) is 0 Å². The number of hydrogen-bond acceptors (Lipinski definition) is 3. The molecule has 1 heterocycles. The number of nitrogens with one attached hydrogen (secondary N) is 1. The second kappa shape index (κ2) is 5.37. The molecule has 1 saturated heterocycles. The van der Waals surface area contributed by atoms with Gasteiger partial charge in [0.05, 0.1) is 6.07 Å². The molecule has 98 valence electrons. The Hall–Kier alpha value is -0.590. The second-order valence-corrected chi connectivity index (χ2v) is 6.40. The number of nitrogens with zero attached hydrogens (tertiary/aromatic N) is 2. The first kappa shape index (κ1) is 14.5. The highest BCUT2D eigenvalue weighted by Crippen LogP contribution is 2.29. The van der Waals surface area contributed by atoms with E-state index in [0.29, 0.717) is 11.6 Å². The van der Waals surface area contributed by atoms with Gasteiger partial charge in [-0.3, -0.25) is 10.2 Å². The van der Waals surface area contributed by atoms with Crippen molar-refractivity contribution in [1.29, 1.82) is 5.26 Å². The third-order valence-corrected chi connectivity index (χ3v) is 3.81. The molecule has 1 atom stereocenters. The smallest absolute Gasteiger partial charge is 0.105 e. The van der Waals surface area contributed by atoms with Crippen molar-refractivity contribution in [3.05, 3.63) is 0 Å². The lowest BCUT2D eigenvalue weighted by Gasteiger charge is -2.34. The van der Waals surface area contributed by atoms with Crippen molar-refractivity contribution >= 4 is 0 Å². The highest BCUT2D eigenvalue weighted by Gasteiger charge is 2.33. The largest absolute Gasteiger partial charge is 0.298 e. The van der Waals surface area contributed by atoms with Crippen molar-refractivity contribution in [2.75, 3.05) is 13.1 Å². The molecule has 0 saturated carbocycles. The Bertz CT molecular complexity index is 290. The summed E-state index contributed by atoms with van der Waals surface area (Å²) in [5.74, 6) is 0. The van der Waals surface area contributed by atoms with E-state index < -0.39 is 5.54 Å². The van der Waals surface area contributed by atoms with E-state index in [9.17, 15) is 5.26 Å². The lowest BCUT2D eigenvalue weighted by Crippen LogP contribution is -2.48. The van der Waals surface area contributed by atoms with E-state index in [0.717, 1.165) is 13.0 Å². The molecule has 0 spiro atoms. The van der Waals surface area contributed by atoms with Crippen molar-refractivity contribution in [1.82, 2.24) is 10.2 Å². The fraction of sp³-hybridized carbons (Fsp3) is 0.929. The lowest BCUT2D eigenvalue weighted by molar-refractivity contribution is 0.159. The molecule has 1 unspecified atom stereocenters. The van der Waals surface area contributed by atoms with Gasteiger partial charge >= 0.3 is 0 Å². The minimum Gasteiger partial charge on any atom is -0.298 e. The van der Waals surface area contributed by atoms with Gasteiger partial charge in [0.1, 0.15) is 5.54 Å². The van der Waals surface area contributed by atoms with E-state index in [1.165, 1.54) is 19.4 Å². The van der Waals surface area contributed by atoms with E-state index in [2.05, 4.69) is 44.0 Å². The maximum atomic E-state index is 9.31. The van der Waals surface area contributed by atoms with Gasteiger partial charge in [0.2, 0.25) is 0 Å². The fourth-order valence-corrected chi connectivity index (χ4v) is 2.73. The fourth-order valence-electron chi connectivity index (χ4n) is 2.73. The molecular formula is C14H27N3. The Labute approximate surface area is 106 Å². The van der Waals surface area contributed by atoms with Crippen LogP contribution in [0.25, 0.3) is 0 Å². The van der Waals surface area contributed by atoms with Gasteiger partial charge in [-0.1, -0.05) is 0 Å². The predicted molar refractivity (Wildman–Crippen MR) is 71.8 cm³/mol. The van der Waals surface area contributed by atoms with Gasteiger partial charge in [0, 0.05) is 18.1 Å². The molecule has 1 N–H and O–H groups in total. The SMILES string of the molecule is CC(C)NC(C)(C#N)CCN1CCCC1(C)C. The summed E-state index contributed by atoms with van der Waals surface area (Å²) in [4.78, 5) is 2.52. The molecule has 0 aromatic heterocycles. The van der Waals surface area contributed by atoms with Crippen LogP contribution in [-0.4, -0.2) is 35.1 Å². The molecule has 0 aromatic carbocycles. The predicted octanol–water partition coefficient (Wildman–Crippen LogP) is 2.53. The normalized spacial score (nSPS) is 23.6. The Kier molecular flexibility index (Phi) is 4.57. The van der Waals surface area contributed by atoms with Crippen LogP contribution in [-0.2, 0) is 0 Å². The van der Waals surface area contributed by atoms with Crippen LogP contribution in [0.2, 0.25) is 0 Å². The molecule has 1 aliphatic rings. The molecule has 0 bridgehead atoms. The second-order valence-electron chi connectivity index (χ2n) is 6.40. The summed E-state index contributed by atoms with van der Waals surface area (Å²) in [7, 11) is 0. The number of rotatable bonds is 5. The number of nitriles is 1. The van der Waals surface area contributed by atoms with Gasteiger partial charge in [-0.15, -0.1) is 0 Å². The van der Waals surface area contributed by atoms with Crippen LogP contribution in [0.3, 0.4) is 0 Å². The average molecular weight is 237 g/mol. The summed E-state index contributed by atoms with van der Waals surface area (Å²) in [5.41, 5.74) is -0.0823. The highest BCUT2D eigenvalue weighted by atomic mass is 15.2. The minimum atomic E-state index is -0.396. The zero-order chi connectivity index (χ0) is 13.1. The van der Waals surface area contributed by atoms with Crippen molar-refractivity contribution in [3.8, 4) is 6.07 Å². The highest BCUT2D eigenvalue weighted by molar-refractivity contribution is 5.05. The van der Waals surface area contributed by atoms with Crippen molar-refractivity contribution in [3.63, 3.8) is 0 Å². The van der Waals surface area contributed by atoms with Crippen LogP contribution in [0.15, 0.2) is 0 Å². The van der Waals surface area contributed by atoms with Gasteiger partial charge in [0.15, 0.2) is 0 Å². The van der Waals surface area contributed by atoms with Gasteiger partial charge in [-0.05, 0) is 60.4 Å². The first-order valence-corrected chi connectivity index (χ1v) is 6.73. The molecule has 1 aliphatic heterocycles. The van der Waals surface area contributed by atoms with Crippen LogP contribution in [0.1, 0.15) is 53.9 Å². The molecule has 3 nitrogen and oxygen atoms in total. The lowest BCUT2D eigenvalue weighted by atomic mass is 9.96. The van der Waals surface area contributed by atoms with E-state index in [1.54, 1.807) is 0 Å². The van der Waals surface area contributed by atoms with Gasteiger partial charge in [0.25, 0.3) is 0 Å². The molecule has 17 heavy (non-hydrogen) atoms. The molecule has 1 fully saturated rings. The summed E-state index contributed by atoms with van der Waals surface area (Å²) in [5, 5.41) is 12.7. The van der Waals surface area contributed by atoms with Crippen LogP contribution in [0.4, 0.5) is 0 Å². The monoisotopic (exact) mass is 237 g/mol. The minimum absolute atomic E-state index is 0.314. The van der Waals surface area contributed by atoms with Crippen LogP contribution in [0, 0.1) is 11.3 Å². The van der Waals surface area contributed by atoms with E-state index >= 15 is 0 Å². The summed E-state index contributed by atoms with van der Waals surface area (Å²) in [6.45, 7) is 13.0. The van der Waals surface area contributed by atoms with Crippen molar-refractivity contribution in [2.24, 2.45) is 0 Å². The van der Waals surface area contributed by atoms with Gasteiger partial charge < -0.3 is 0 Å². The van der Waals surface area contributed by atoms with Crippen LogP contribution < -0.4 is 5.32 Å². The Morgan fingerprint density at radius 2 is 2.12 bits per heavy atom. The maximum absolute atomic E-state index is 9.31. The molecule has 0 aromatic rings. The zero-order valence-electron chi connectivity index (χ0n) is 12.0. The number of likely N-dealkylation sites (tertiary alicyclic amines) is 1. The van der Waals surface area contributed by atoms with Crippen LogP contribution >= 0.6 is 0 Å². The third-order valence-electron chi connectivity index (χ3n) is 3.81. The Morgan fingerprint density at radius 1 is 1.47 bits per heavy atom. The zero-order valence-corrected chi connectivity index (χ0v) is 12.0. The Morgan fingerprint density at radius 3 is 2.53 bits per heavy atom. The van der Waals surface area contributed by atoms with E-state index in [1.807, 2.05) is 6.92 Å². The summed E-state index contributed by atoms with van der Waals surface area (Å²) < 4.78 is 0. The summed E-state index contributed by atoms with van der Waals surface area (Å²) >= 11 is 0. The quantitative estimate of drug-likeness (QED) is 0.798. The first-order valence-electron chi connectivity index (χ1n) is 6.73. The molecule has 0 radical (unpaired) electrons. The van der Waals surface area contributed by atoms with Crippen molar-refractivity contribution < 1.29 is 0 Å². The Balaban J connectivity index is 2.51. The van der Waals surface area contributed by atoms with E-state index in [-0.39, 0.29) is 0 Å². The standard InChI is InChI=1S/C14H27N3/c1-12(2)16-14(5,11-15)8-10-17-9-6-7-13(17,3)4/h12,16H,6-10H2,1-5H3. The third kappa shape index (κ3) is 3.97. The maximum Gasteiger partial charge on any atom is 0.105 e. The van der Waals surface area contributed by atoms with E-state index in [4.69, 9.17) is 0 Å². The molecule has 1 rings (SSSR count). The van der Waals surface area contributed by atoms with Crippen molar-refractivity contribution in [2.45, 2.75) is 71.0 Å². The average Bonchev–Trinajstić information content (AvgIpc) is 2.54. The van der Waals surface area contributed by atoms with Gasteiger partial charge in [-0.2, -0.15) is 5.26 Å². The summed E-state index contributed by atoms with van der Waals surface area (Å²) in [6.07, 6.45) is 3.45. The molecule has 3 heteroatoms. The van der Waals surface area contributed by atoms with Gasteiger partial charge in [-0.25, -0.2) is 0 Å².